The van der Waals surface area contributed by atoms with Gasteiger partial charge in [0.1, 0.15) is 17.2 Å². The van der Waals surface area contributed by atoms with Crippen molar-refractivity contribution in [1.82, 2.24) is 24.4 Å². The Morgan fingerprint density at radius 1 is 1.11 bits per heavy atom. The van der Waals surface area contributed by atoms with E-state index < -0.39 is 29.2 Å². The van der Waals surface area contributed by atoms with Gasteiger partial charge >= 0.3 is 6.18 Å². The van der Waals surface area contributed by atoms with Crippen molar-refractivity contribution in [3.63, 3.8) is 0 Å². The molecule has 12 heteroatoms. The average molecular weight is 484 g/mol. The van der Waals surface area contributed by atoms with Gasteiger partial charge in [0.15, 0.2) is 0 Å². The number of hydrogen-bond acceptors (Lipinski definition) is 5. The lowest BCUT2D eigenvalue weighted by atomic mass is 10.1. The van der Waals surface area contributed by atoms with Gasteiger partial charge in [0.2, 0.25) is 5.76 Å². The van der Waals surface area contributed by atoms with E-state index in [0.717, 1.165) is 29.6 Å². The normalized spacial score (nSPS) is 11.8. The van der Waals surface area contributed by atoms with E-state index in [9.17, 15) is 22.4 Å². The molecule has 178 valence electrons. The number of nitrogens with one attached hydrogen (secondary N) is 1. The lowest BCUT2D eigenvalue weighted by Crippen LogP contribution is -2.17. The van der Waals surface area contributed by atoms with Crippen LogP contribution in [0.1, 0.15) is 27.4 Å². The summed E-state index contributed by atoms with van der Waals surface area (Å²) in [5.41, 5.74) is 2.15. The molecule has 0 atom stereocenters. The second-order valence-electron chi connectivity index (χ2n) is 7.82. The Balaban J connectivity index is 1.36. The predicted molar refractivity (Wildman–Crippen MR) is 116 cm³/mol. The highest BCUT2D eigenvalue weighted by Gasteiger charge is 2.39. The molecular weight excluding hydrogens is 468 g/mol. The van der Waals surface area contributed by atoms with Crippen molar-refractivity contribution < 1.29 is 26.8 Å². The molecule has 0 spiro atoms. The van der Waals surface area contributed by atoms with Crippen LogP contribution in [0.3, 0.4) is 0 Å². The molecule has 0 aliphatic heterocycles. The first-order valence-electron chi connectivity index (χ1n) is 10.3. The lowest BCUT2D eigenvalue weighted by Gasteiger charge is -2.09. The highest BCUT2D eigenvalue weighted by Crippen LogP contribution is 2.33. The summed E-state index contributed by atoms with van der Waals surface area (Å²) < 4.78 is 61.3. The molecule has 8 nitrogen and oxygen atoms in total. The summed E-state index contributed by atoms with van der Waals surface area (Å²) >= 11 is 0. The molecule has 4 aromatic heterocycles. The van der Waals surface area contributed by atoms with E-state index in [2.05, 4.69) is 25.0 Å². The maximum absolute atomic E-state index is 14.5. The van der Waals surface area contributed by atoms with Crippen molar-refractivity contribution in [2.24, 2.45) is 0 Å². The Bertz CT molecular complexity index is 1550. The van der Waals surface area contributed by atoms with Gasteiger partial charge in [-0.05, 0) is 42.8 Å². The Labute approximate surface area is 194 Å². The third-order valence-electron chi connectivity index (χ3n) is 5.18. The summed E-state index contributed by atoms with van der Waals surface area (Å²) in [7, 11) is 0. The lowest BCUT2D eigenvalue weighted by molar-refractivity contribution is -0.153. The minimum Gasteiger partial charge on any atom is -0.459 e. The number of nitrogens with zero attached hydrogens (tertiary/aromatic N) is 5. The fourth-order valence-electron chi connectivity index (χ4n) is 3.60. The molecule has 0 aliphatic carbocycles. The number of carbonyl (C=O) groups is 1. The maximum Gasteiger partial charge on any atom is 0.450 e. The number of imidazole rings is 1. The number of amides is 1. The van der Waals surface area contributed by atoms with Gasteiger partial charge in [-0.2, -0.15) is 13.2 Å². The summed E-state index contributed by atoms with van der Waals surface area (Å²) in [6.07, 6.45) is 1.25. The van der Waals surface area contributed by atoms with E-state index >= 15 is 0 Å². The monoisotopic (exact) mass is 484 g/mol. The fraction of sp³-hybridized carbons (Fsp3) is 0.130. The first-order valence-corrected chi connectivity index (χ1v) is 10.3. The number of carbonyl (C=O) groups excluding carboxylic acids is 1. The van der Waals surface area contributed by atoms with Crippen LogP contribution in [0.5, 0.6) is 0 Å². The minimum atomic E-state index is -4.83. The van der Waals surface area contributed by atoms with Gasteiger partial charge in [0.25, 0.3) is 5.91 Å². The van der Waals surface area contributed by atoms with Crippen molar-refractivity contribution in [2.45, 2.75) is 19.6 Å². The molecule has 0 radical (unpaired) electrons. The van der Waals surface area contributed by atoms with Gasteiger partial charge < -0.3 is 14.1 Å². The Morgan fingerprint density at radius 2 is 1.94 bits per heavy atom. The molecule has 0 saturated heterocycles. The average Bonchev–Trinajstić information content (AvgIpc) is 3.53. The SMILES string of the molecule is Cc1ccc2nc(Cn3cc(-c4cc(NC(=O)c5ccoc5C(F)(F)F)ccc4F)nn3)cn2c1. The fourth-order valence-corrected chi connectivity index (χ4v) is 3.60. The van der Waals surface area contributed by atoms with Crippen LogP contribution in [0.2, 0.25) is 0 Å². The largest absolute Gasteiger partial charge is 0.459 e. The number of alkyl halides is 3. The molecule has 1 aromatic carbocycles. The number of benzene rings is 1. The first-order chi connectivity index (χ1) is 16.7. The zero-order valence-electron chi connectivity index (χ0n) is 18.0. The quantitative estimate of drug-likeness (QED) is 0.357. The van der Waals surface area contributed by atoms with E-state index in [1.54, 1.807) is 0 Å². The van der Waals surface area contributed by atoms with Crippen molar-refractivity contribution in [3.8, 4) is 11.3 Å². The molecule has 0 fully saturated rings. The minimum absolute atomic E-state index is 0.0166. The number of aromatic nitrogens is 5. The Hall–Kier alpha value is -4.48. The smallest absolute Gasteiger partial charge is 0.450 e. The second kappa shape index (κ2) is 8.38. The predicted octanol–water partition coefficient (Wildman–Crippen LogP) is 4.95. The van der Waals surface area contributed by atoms with Crippen LogP contribution in [-0.4, -0.2) is 30.3 Å². The van der Waals surface area contributed by atoms with Crippen LogP contribution in [0.15, 0.2) is 65.7 Å². The van der Waals surface area contributed by atoms with Crippen LogP contribution in [-0.2, 0) is 12.7 Å². The third-order valence-corrected chi connectivity index (χ3v) is 5.18. The number of rotatable bonds is 5. The van der Waals surface area contributed by atoms with E-state index in [0.29, 0.717) is 5.69 Å². The number of halogens is 4. The van der Waals surface area contributed by atoms with Gasteiger partial charge in [0, 0.05) is 23.6 Å². The van der Waals surface area contributed by atoms with Crippen molar-refractivity contribution in [3.05, 3.63) is 89.7 Å². The van der Waals surface area contributed by atoms with Crippen molar-refractivity contribution in [1.29, 1.82) is 0 Å². The molecule has 1 N–H and O–H groups in total. The Kier molecular flexibility index (Phi) is 5.35. The molecule has 1 amide bonds. The number of anilines is 1. The van der Waals surface area contributed by atoms with Gasteiger partial charge in [-0.3, -0.25) is 4.79 Å². The van der Waals surface area contributed by atoms with Crippen molar-refractivity contribution >= 4 is 17.2 Å². The second-order valence-corrected chi connectivity index (χ2v) is 7.82. The molecule has 0 aliphatic rings. The molecule has 5 aromatic rings. The molecule has 0 bridgehead atoms. The van der Waals surface area contributed by atoms with Gasteiger partial charge in [0.05, 0.1) is 30.3 Å². The number of pyridine rings is 1. The number of hydrogen-bond donors (Lipinski definition) is 1. The zero-order chi connectivity index (χ0) is 24.7. The molecular formula is C23H16F4N6O2. The molecule has 4 heterocycles. The summed E-state index contributed by atoms with van der Waals surface area (Å²) in [5.74, 6) is -3.10. The molecule has 35 heavy (non-hydrogen) atoms. The first kappa shape index (κ1) is 22.3. The van der Waals surface area contributed by atoms with E-state index in [4.69, 9.17) is 0 Å². The highest BCUT2D eigenvalue weighted by atomic mass is 19.4. The van der Waals surface area contributed by atoms with E-state index in [1.807, 2.05) is 35.9 Å². The van der Waals surface area contributed by atoms with Crippen LogP contribution in [0.4, 0.5) is 23.2 Å². The van der Waals surface area contributed by atoms with E-state index in [1.165, 1.54) is 23.0 Å². The topological polar surface area (TPSA) is 90.2 Å². The van der Waals surface area contributed by atoms with Crippen LogP contribution in [0.25, 0.3) is 16.9 Å². The summed E-state index contributed by atoms with van der Waals surface area (Å²) in [6, 6.07) is 8.33. The van der Waals surface area contributed by atoms with E-state index in [-0.39, 0.29) is 23.5 Å². The number of aryl methyl sites for hydroxylation is 1. The third kappa shape index (κ3) is 4.50. The number of furan rings is 1. The van der Waals surface area contributed by atoms with Gasteiger partial charge in [-0.15, -0.1) is 5.10 Å². The van der Waals surface area contributed by atoms with Crippen LogP contribution >= 0.6 is 0 Å². The highest BCUT2D eigenvalue weighted by molar-refractivity contribution is 6.05. The molecule has 5 rings (SSSR count). The van der Waals surface area contributed by atoms with Crippen molar-refractivity contribution in [2.75, 3.05) is 5.32 Å². The maximum atomic E-state index is 14.5. The Morgan fingerprint density at radius 3 is 2.74 bits per heavy atom. The molecule has 0 unspecified atom stereocenters. The van der Waals surface area contributed by atoms with Gasteiger partial charge in [-0.1, -0.05) is 11.3 Å². The summed E-state index contributed by atoms with van der Waals surface area (Å²) in [5, 5.41) is 10.3. The summed E-state index contributed by atoms with van der Waals surface area (Å²) in [6.45, 7) is 2.25. The molecule has 0 saturated carbocycles. The van der Waals surface area contributed by atoms with Crippen LogP contribution in [0, 0.1) is 12.7 Å². The number of fused-ring (bicyclic) bond motifs is 1. The zero-order valence-corrected chi connectivity index (χ0v) is 18.0. The van der Waals surface area contributed by atoms with Gasteiger partial charge in [-0.25, -0.2) is 14.1 Å². The van der Waals surface area contributed by atoms with Crippen LogP contribution < -0.4 is 5.32 Å². The summed E-state index contributed by atoms with van der Waals surface area (Å²) in [4.78, 5) is 16.9. The standard InChI is InChI=1S/C23H16F4N6O2/c1-13-2-5-20-28-15(10-32(20)9-13)11-33-12-19(30-31-33)17-8-14(3-4-18(17)24)29-22(34)16-6-7-35-21(16)23(25,26)27/h2-10,12H,11H2,1H3,(H,29,34).